The van der Waals surface area contributed by atoms with Gasteiger partial charge in [0.05, 0.1) is 6.54 Å². The molecule has 0 bridgehead atoms. The molecule has 0 amide bonds. The molecule has 0 spiro atoms. The molecule has 0 aromatic heterocycles. The maximum Gasteiger partial charge on any atom is 0.401 e. The highest BCUT2D eigenvalue weighted by molar-refractivity contribution is 4.93. The molecular formula is C13H23F3N2. The third kappa shape index (κ3) is 4.43. The molecule has 18 heavy (non-hydrogen) atoms. The van der Waals surface area contributed by atoms with Crippen molar-refractivity contribution >= 4 is 0 Å². The Kier molecular flexibility index (Phi) is 4.22. The smallest absolute Gasteiger partial charge is 0.312 e. The third-order valence-corrected chi connectivity index (χ3v) is 3.77. The normalized spacial score (nSPS) is 22.8. The van der Waals surface area contributed by atoms with E-state index in [1.54, 1.807) is 4.90 Å². The molecule has 1 atom stereocenters. The van der Waals surface area contributed by atoms with Gasteiger partial charge >= 0.3 is 6.18 Å². The van der Waals surface area contributed by atoms with Crippen LogP contribution in [0.1, 0.15) is 39.5 Å². The van der Waals surface area contributed by atoms with Gasteiger partial charge in [-0.1, -0.05) is 13.8 Å². The van der Waals surface area contributed by atoms with Crippen LogP contribution in [-0.2, 0) is 0 Å². The first kappa shape index (κ1) is 14.1. The van der Waals surface area contributed by atoms with Gasteiger partial charge in [0.2, 0.25) is 0 Å². The minimum absolute atomic E-state index is 0.000255. The first-order chi connectivity index (χ1) is 8.37. The third-order valence-electron chi connectivity index (χ3n) is 3.77. The molecular weight excluding hydrogens is 241 g/mol. The van der Waals surface area contributed by atoms with Crippen LogP contribution in [0.5, 0.6) is 0 Å². The SMILES string of the molecule is CC(C)C(CNC1CC1)N(CC(F)(F)F)C1CC1. The fourth-order valence-electron chi connectivity index (χ4n) is 2.44. The number of hydrogen-bond acceptors (Lipinski definition) is 2. The van der Waals surface area contributed by atoms with Crippen molar-refractivity contribution in [2.75, 3.05) is 13.1 Å². The van der Waals surface area contributed by atoms with Crippen LogP contribution >= 0.6 is 0 Å². The molecule has 0 aliphatic heterocycles. The molecule has 2 nitrogen and oxygen atoms in total. The molecule has 2 rings (SSSR count). The second kappa shape index (κ2) is 5.37. The summed E-state index contributed by atoms with van der Waals surface area (Å²) in [4.78, 5) is 1.68. The first-order valence-corrected chi connectivity index (χ1v) is 6.92. The minimum atomic E-state index is -4.09. The van der Waals surface area contributed by atoms with E-state index >= 15 is 0 Å². The molecule has 2 saturated carbocycles. The number of rotatable bonds is 7. The van der Waals surface area contributed by atoms with E-state index in [-0.39, 0.29) is 18.0 Å². The van der Waals surface area contributed by atoms with E-state index in [2.05, 4.69) is 5.32 Å². The molecule has 0 aromatic rings. The quantitative estimate of drug-likeness (QED) is 0.760. The van der Waals surface area contributed by atoms with E-state index in [4.69, 9.17) is 0 Å². The van der Waals surface area contributed by atoms with Crippen molar-refractivity contribution in [3.05, 3.63) is 0 Å². The van der Waals surface area contributed by atoms with Crippen molar-refractivity contribution in [1.82, 2.24) is 10.2 Å². The molecule has 1 N–H and O–H groups in total. The van der Waals surface area contributed by atoms with Gasteiger partial charge in [-0.2, -0.15) is 13.2 Å². The van der Waals surface area contributed by atoms with Gasteiger partial charge in [-0.15, -0.1) is 0 Å². The Morgan fingerprint density at radius 3 is 2.17 bits per heavy atom. The van der Waals surface area contributed by atoms with Crippen molar-refractivity contribution in [2.45, 2.75) is 63.8 Å². The Hall–Kier alpha value is -0.290. The second-order valence-electron chi connectivity index (χ2n) is 6.01. The van der Waals surface area contributed by atoms with E-state index in [1.165, 1.54) is 12.8 Å². The Labute approximate surface area is 107 Å². The summed E-state index contributed by atoms with van der Waals surface area (Å²) in [5.74, 6) is 0.249. The molecule has 2 fully saturated rings. The highest BCUT2D eigenvalue weighted by Gasteiger charge is 2.42. The van der Waals surface area contributed by atoms with Crippen molar-refractivity contribution in [2.24, 2.45) is 5.92 Å². The number of hydrogen-bond donors (Lipinski definition) is 1. The number of nitrogens with zero attached hydrogens (tertiary/aromatic N) is 1. The molecule has 106 valence electrons. The van der Waals surface area contributed by atoms with Gasteiger partial charge in [0.25, 0.3) is 0 Å². The molecule has 1 unspecified atom stereocenters. The number of alkyl halides is 3. The zero-order valence-electron chi connectivity index (χ0n) is 11.1. The largest absolute Gasteiger partial charge is 0.401 e. The molecule has 2 aliphatic rings. The topological polar surface area (TPSA) is 15.3 Å². The Balaban J connectivity index is 1.94. The van der Waals surface area contributed by atoms with Crippen LogP contribution < -0.4 is 5.32 Å². The van der Waals surface area contributed by atoms with E-state index in [9.17, 15) is 13.2 Å². The molecule has 5 heteroatoms. The van der Waals surface area contributed by atoms with Gasteiger partial charge in [-0.25, -0.2) is 0 Å². The molecule has 0 saturated heterocycles. The van der Waals surface area contributed by atoms with Gasteiger partial charge in [-0.3, -0.25) is 4.90 Å². The lowest BCUT2D eigenvalue weighted by Gasteiger charge is -2.35. The molecule has 2 aliphatic carbocycles. The summed E-state index contributed by atoms with van der Waals surface area (Å²) in [7, 11) is 0. The summed E-state index contributed by atoms with van der Waals surface area (Å²) in [6, 6.07) is 0.706. The van der Waals surface area contributed by atoms with E-state index in [1.807, 2.05) is 13.8 Å². The number of nitrogens with one attached hydrogen (secondary N) is 1. The van der Waals surface area contributed by atoms with Crippen molar-refractivity contribution in [3.63, 3.8) is 0 Å². The predicted octanol–water partition coefficient (Wildman–Crippen LogP) is 2.79. The molecule has 0 aromatic carbocycles. The molecule has 0 radical (unpaired) electrons. The zero-order chi connectivity index (χ0) is 13.3. The van der Waals surface area contributed by atoms with Gasteiger partial charge in [0.15, 0.2) is 0 Å². The van der Waals surface area contributed by atoms with E-state index in [0.717, 1.165) is 12.8 Å². The van der Waals surface area contributed by atoms with Crippen LogP contribution in [0.2, 0.25) is 0 Å². The maximum absolute atomic E-state index is 12.7. The first-order valence-electron chi connectivity index (χ1n) is 6.92. The Bertz CT molecular complexity index is 270. The van der Waals surface area contributed by atoms with Crippen LogP contribution in [0, 0.1) is 5.92 Å². The Morgan fingerprint density at radius 2 is 1.78 bits per heavy atom. The summed E-state index contributed by atoms with van der Waals surface area (Å²) in [5.41, 5.74) is 0. The van der Waals surface area contributed by atoms with Gasteiger partial charge < -0.3 is 5.32 Å². The van der Waals surface area contributed by atoms with E-state index in [0.29, 0.717) is 12.6 Å². The average Bonchev–Trinajstić information content (AvgIpc) is 3.10. The maximum atomic E-state index is 12.7. The predicted molar refractivity (Wildman–Crippen MR) is 65.4 cm³/mol. The highest BCUT2D eigenvalue weighted by Crippen LogP contribution is 2.33. The summed E-state index contributed by atoms with van der Waals surface area (Å²) in [5, 5.41) is 3.38. The lowest BCUT2D eigenvalue weighted by atomic mass is 10.0. The summed E-state index contributed by atoms with van der Waals surface area (Å²) < 4.78 is 38.0. The lowest BCUT2D eigenvalue weighted by Crippen LogP contribution is -2.50. The summed E-state index contributed by atoms with van der Waals surface area (Å²) >= 11 is 0. The van der Waals surface area contributed by atoms with Gasteiger partial charge in [0.1, 0.15) is 0 Å². The number of halogens is 3. The molecule has 0 heterocycles. The summed E-state index contributed by atoms with van der Waals surface area (Å²) in [6.07, 6.45) is 0.0990. The zero-order valence-corrected chi connectivity index (χ0v) is 11.1. The van der Waals surface area contributed by atoms with Crippen molar-refractivity contribution < 1.29 is 13.2 Å². The highest BCUT2D eigenvalue weighted by atomic mass is 19.4. The second-order valence-corrected chi connectivity index (χ2v) is 6.01. The summed E-state index contributed by atoms with van der Waals surface area (Å²) in [6.45, 7) is 3.97. The van der Waals surface area contributed by atoms with Crippen LogP contribution in [0.4, 0.5) is 13.2 Å². The van der Waals surface area contributed by atoms with Crippen molar-refractivity contribution in [1.29, 1.82) is 0 Å². The standard InChI is InChI=1S/C13H23F3N2/c1-9(2)12(7-17-10-3-4-10)18(11-5-6-11)8-13(14,15)16/h9-12,17H,3-8H2,1-2H3. The average molecular weight is 264 g/mol. The monoisotopic (exact) mass is 264 g/mol. The van der Waals surface area contributed by atoms with Crippen molar-refractivity contribution in [3.8, 4) is 0 Å². The van der Waals surface area contributed by atoms with Crippen LogP contribution in [0.3, 0.4) is 0 Å². The minimum Gasteiger partial charge on any atom is -0.312 e. The van der Waals surface area contributed by atoms with Gasteiger partial charge in [-0.05, 0) is 31.6 Å². The van der Waals surface area contributed by atoms with Crippen LogP contribution in [-0.4, -0.2) is 42.3 Å². The van der Waals surface area contributed by atoms with Crippen LogP contribution in [0.25, 0.3) is 0 Å². The fourth-order valence-corrected chi connectivity index (χ4v) is 2.44. The van der Waals surface area contributed by atoms with Crippen LogP contribution in [0.15, 0.2) is 0 Å². The van der Waals surface area contributed by atoms with Gasteiger partial charge in [0, 0.05) is 24.7 Å². The van der Waals surface area contributed by atoms with E-state index < -0.39 is 12.7 Å². The Morgan fingerprint density at radius 1 is 1.17 bits per heavy atom. The fraction of sp³-hybridized carbons (Fsp3) is 1.00. The lowest BCUT2D eigenvalue weighted by molar-refractivity contribution is -0.154.